The molecule has 144 valence electrons. The molecule has 1 aromatic rings. The summed E-state index contributed by atoms with van der Waals surface area (Å²) in [6.07, 6.45) is 5.91. The monoisotopic (exact) mass is 359 g/mol. The topological polar surface area (TPSA) is 55.8 Å². The summed E-state index contributed by atoms with van der Waals surface area (Å²) in [5.74, 6) is 0.137. The summed E-state index contributed by atoms with van der Waals surface area (Å²) in [7, 11) is 0. The fraction of sp³-hybridized carbons (Fsp3) is 0.667. The number of amides is 1. The molecule has 2 saturated heterocycles. The van der Waals surface area contributed by atoms with Crippen molar-refractivity contribution in [2.75, 3.05) is 39.3 Å². The van der Waals surface area contributed by atoms with Gasteiger partial charge in [0.1, 0.15) is 0 Å². The third kappa shape index (κ3) is 6.38. The first kappa shape index (κ1) is 19.3. The van der Waals surface area contributed by atoms with E-state index in [0.29, 0.717) is 6.54 Å². The second kappa shape index (κ2) is 10.0. The summed E-state index contributed by atoms with van der Waals surface area (Å²) < 4.78 is 0. The molecule has 2 N–H and O–H groups in total. The van der Waals surface area contributed by atoms with Gasteiger partial charge in [0, 0.05) is 25.7 Å². The lowest BCUT2D eigenvalue weighted by Crippen LogP contribution is -2.51. The van der Waals surface area contributed by atoms with Gasteiger partial charge in [-0.25, -0.2) is 0 Å². The van der Waals surface area contributed by atoms with Crippen LogP contribution in [0.1, 0.15) is 37.7 Å². The summed E-state index contributed by atoms with van der Waals surface area (Å²) in [5.41, 5.74) is 1.40. The molecule has 5 nitrogen and oxygen atoms in total. The highest BCUT2D eigenvalue weighted by molar-refractivity contribution is 5.78. The lowest BCUT2D eigenvalue weighted by molar-refractivity contribution is -0.123. The minimum absolute atomic E-state index is 0.137. The van der Waals surface area contributed by atoms with Crippen LogP contribution in [0.15, 0.2) is 30.3 Å². The molecular weight excluding hydrogens is 326 g/mol. The van der Waals surface area contributed by atoms with Crippen LogP contribution in [0.3, 0.4) is 0 Å². The van der Waals surface area contributed by atoms with E-state index in [1.54, 1.807) is 0 Å². The van der Waals surface area contributed by atoms with E-state index in [-0.39, 0.29) is 18.1 Å². The number of aliphatic hydroxyl groups is 1. The van der Waals surface area contributed by atoms with Crippen LogP contribution >= 0.6 is 0 Å². The van der Waals surface area contributed by atoms with Crippen LogP contribution in [0.4, 0.5) is 0 Å². The second-order valence-corrected chi connectivity index (χ2v) is 7.80. The first-order chi connectivity index (χ1) is 12.7. The molecule has 1 atom stereocenters. The third-order valence-corrected chi connectivity index (χ3v) is 5.58. The Labute approximate surface area is 157 Å². The molecule has 3 rings (SSSR count). The fourth-order valence-electron chi connectivity index (χ4n) is 4.08. The van der Waals surface area contributed by atoms with Crippen LogP contribution in [-0.2, 0) is 11.2 Å². The quantitative estimate of drug-likeness (QED) is 0.777. The van der Waals surface area contributed by atoms with Gasteiger partial charge >= 0.3 is 0 Å². The van der Waals surface area contributed by atoms with E-state index >= 15 is 0 Å². The van der Waals surface area contributed by atoms with Crippen LogP contribution in [0.2, 0.25) is 0 Å². The van der Waals surface area contributed by atoms with E-state index in [1.807, 2.05) is 0 Å². The third-order valence-electron chi connectivity index (χ3n) is 5.58. The van der Waals surface area contributed by atoms with Crippen molar-refractivity contribution in [3.8, 4) is 0 Å². The molecule has 2 heterocycles. The van der Waals surface area contributed by atoms with Gasteiger partial charge < -0.3 is 15.3 Å². The number of aryl methyl sites for hydroxylation is 1. The highest BCUT2D eigenvalue weighted by atomic mass is 16.3. The minimum atomic E-state index is -0.183. The molecule has 26 heavy (non-hydrogen) atoms. The number of nitrogens with zero attached hydrogens (tertiary/aromatic N) is 2. The number of nitrogens with one attached hydrogen (secondary N) is 1. The number of hydrogen-bond acceptors (Lipinski definition) is 4. The molecule has 1 aromatic carbocycles. The van der Waals surface area contributed by atoms with Crippen molar-refractivity contribution in [2.24, 2.45) is 0 Å². The molecule has 2 fully saturated rings. The Morgan fingerprint density at radius 2 is 1.85 bits per heavy atom. The Kier molecular flexibility index (Phi) is 7.47. The number of carbonyl (C=O) groups is 1. The van der Waals surface area contributed by atoms with Gasteiger partial charge in [0.05, 0.1) is 12.6 Å². The molecule has 0 radical (unpaired) electrons. The van der Waals surface area contributed by atoms with E-state index in [9.17, 15) is 9.90 Å². The van der Waals surface area contributed by atoms with Crippen LogP contribution in [-0.4, -0.2) is 72.2 Å². The number of likely N-dealkylation sites (tertiary alicyclic amines) is 2. The summed E-state index contributed by atoms with van der Waals surface area (Å²) >= 11 is 0. The summed E-state index contributed by atoms with van der Waals surface area (Å²) in [6.45, 7) is 5.34. The fourth-order valence-corrected chi connectivity index (χ4v) is 4.08. The predicted molar refractivity (Wildman–Crippen MR) is 104 cm³/mol. The van der Waals surface area contributed by atoms with Gasteiger partial charge in [-0.1, -0.05) is 30.3 Å². The van der Waals surface area contributed by atoms with E-state index in [2.05, 4.69) is 45.4 Å². The van der Waals surface area contributed by atoms with Crippen molar-refractivity contribution in [1.29, 1.82) is 0 Å². The Morgan fingerprint density at radius 3 is 2.62 bits per heavy atom. The average molecular weight is 360 g/mol. The molecule has 2 aliphatic rings. The van der Waals surface area contributed by atoms with Crippen LogP contribution < -0.4 is 5.32 Å². The van der Waals surface area contributed by atoms with E-state index in [0.717, 1.165) is 64.8 Å². The predicted octanol–water partition coefficient (Wildman–Crippen LogP) is 1.66. The lowest BCUT2D eigenvalue weighted by Gasteiger charge is -2.34. The van der Waals surface area contributed by atoms with Gasteiger partial charge in [0.15, 0.2) is 0 Å². The van der Waals surface area contributed by atoms with Gasteiger partial charge in [-0.2, -0.15) is 0 Å². The highest BCUT2D eigenvalue weighted by Crippen LogP contribution is 2.13. The molecule has 0 aliphatic carbocycles. The molecule has 1 amide bonds. The summed E-state index contributed by atoms with van der Waals surface area (Å²) in [6, 6.07) is 10.9. The maximum atomic E-state index is 12.3. The van der Waals surface area contributed by atoms with Crippen LogP contribution in [0, 0.1) is 0 Å². The molecule has 0 aromatic heterocycles. The first-order valence-electron chi connectivity index (χ1n) is 10.1. The van der Waals surface area contributed by atoms with Crippen molar-refractivity contribution in [3.05, 3.63) is 35.9 Å². The number of hydrogen-bond donors (Lipinski definition) is 2. The van der Waals surface area contributed by atoms with Gasteiger partial charge in [0.25, 0.3) is 0 Å². The molecule has 0 saturated carbocycles. The van der Waals surface area contributed by atoms with Crippen LogP contribution in [0.25, 0.3) is 0 Å². The Balaban J connectivity index is 1.34. The zero-order valence-electron chi connectivity index (χ0n) is 15.8. The van der Waals surface area contributed by atoms with Crippen molar-refractivity contribution in [1.82, 2.24) is 15.1 Å². The smallest absolute Gasteiger partial charge is 0.234 e. The summed E-state index contributed by atoms with van der Waals surface area (Å²) in [4.78, 5) is 17.0. The van der Waals surface area contributed by atoms with E-state index in [4.69, 9.17) is 0 Å². The normalized spacial score (nSPS) is 23.0. The molecular formula is C21H33N3O2. The molecule has 2 aliphatic heterocycles. The second-order valence-electron chi connectivity index (χ2n) is 7.80. The van der Waals surface area contributed by atoms with Gasteiger partial charge in [-0.3, -0.25) is 9.69 Å². The zero-order valence-corrected chi connectivity index (χ0v) is 15.8. The number of piperidine rings is 2. The Morgan fingerprint density at radius 1 is 1.08 bits per heavy atom. The van der Waals surface area contributed by atoms with Crippen LogP contribution in [0.5, 0.6) is 0 Å². The van der Waals surface area contributed by atoms with E-state index < -0.39 is 0 Å². The maximum Gasteiger partial charge on any atom is 0.234 e. The van der Waals surface area contributed by atoms with E-state index in [1.165, 1.54) is 12.0 Å². The standard InChI is InChI=1S/C21H33N3O2/c25-20-10-14-24(15-11-20)17-21(26)22-19-9-5-13-23(16-19)12-4-8-18-6-2-1-3-7-18/h1-3,6-7,19-20,25H,4-5,8-17H2,(H,22,26)/t19-/m1/s1. The van der Waals surface area contributed by atoms with Crippen molar-refractivity contribution in [2.45, 2.75) is 50.7 Å². The number of carbonyl (C=O) groups excluding carboxylic acids is 1. The van der Waals surface area contributed by atoms with Crippen molar-refractivity contribution < 1.29 is 9.90 Å². The Hall–Kier alpha value is -1.43. The number of benzene rings is 1. The van der Waals surface area contributed by atoms with Gasteiger partial charge in [-0.15, -0.1) is 0 Å². The minimum Gasteiger partial charge on any atom is -0.393 e. The first-order valence-corrected chi connectivity index (χ1v) is 10.1. The highest BCUT2D eigenvalue weighted by Gasteiger charge is 2.23. The molecule has 0 spiro atoms. The van der Waals surface area contributed by atoms with Crippen molar-refractivity contribution in [3.63, 3.8) is 0 Å². The molecule has 0 unspecified atom stereocenters. The average Bonchev–Trinajstić information content (AvgIpc) is 2.65. The zero-order chi connectivity index (χ0) is 18.2. The lowest BCUT2D eigenvalue weighted by atomic mass is 10.0. The SMILES string of the molecule is O=C(CN1CCC(O)CC1)N[C@@H]1CCCN(CCCc2ccccc2)C1. The van der Waals surface area contributed by atoms with Gasteiger partial charge in [-0.05, 0) is 57.2 Å². The number of rotatable bonds is 7. The molecule has 0 bridgehead atoms. The maximum absolute atomic E-state index is 12.3. The van der Waals surface area contributed by atoms with Crippen molar-refractivity contribution >= 4 is 5.91 Å². The van der Waals surface area contributed by atoms with Gasteiger partial charge in [0.2, 0.25) is 5.91 Å². The molecule has 5 heteroatoms. The summed E-state index contributed by atoms with van der Waals surface area (Å²) in [5, 5.41) is 12.8. The number of aliphatic hydroxyl groups excluding tert-OH is 1. The Bertz CT molecular complexity index is 543. The largest absolute Gasteiger partial charge is 0.393 e.